The summed E-state index contributed by atoms with van der Waals surface area (Å²) in [6.07, 6.45) is 1.61. The molecule has 0 amide bonds. The van der Waals surface area contributed by atoms with Gasteiger partial charge in [0, 0.05) is 0 Å². The van der Waals surface area contributed by atoms with E-state index in [4.69, 9.17) is 9.47 Å². The summed E-state index contributed by atoms with van der Waals surface area (Å²) < 4.78 is 11.1. The Morgan fingerprint density at radius 1 is 1.50 bits per heavy atom. The van der Waals surface area contributed by atoms with Crippen LogP contribution in [0.5, 0.6) is 11.9 Å². The highest BCUT2D eigenvalue weighted by molar-refractivity contribution is 9.10. The molecule has 0 aliphatic heterocycles. The van der Waals surface area contributed by atoms with Crippen LogP contribution in [0.1, 0.15) is 13.8 Å². The standard InChI is InChI=1S/C9H13BrN2O2/c1-6(2)5-14-9-11-4-7(10)8(12-9)13-3/h4,6H,5H2,1-3H3. The quantitative estimate of drug-likeness (QED) is 0.834. The van der Waals surface area contributed by atoms with E-state index in [0.29, 0.717) is 24.4 Å². The van der Waals surface area contributed by atoms with Gasteiger partial charge in [-0.2, -0.15) is 4.98 Å². The third kappa shape index (κ3) is 3.14. The lowest BCUT2D eigenvalue weighted by Crippen LogP contribution is -2.07. The van der Waals surface area contributed by atoms with Gasteiger partial charge in [0.15, 0.2) is 0 Å². The lowest BCUT2D eigenvalue weighted by molar-refractivity contribution is 0.246. The predicted molar refractivity (Wildman–Crippen MR) is 56.6 cm³/mol. The first-order chi connectivity index (χ1) is 6.63. The number of methoxy groups -OCH3 is 1. The second-order valence-corrected chi connectivity index (χ2v) is 4.07. The molecule has 4 nitrogen and oxygen atoms in total. The van der Waals surface area contributed by atoms with E-state index in [0.717, 1.165) is 4.47 Å². The van der Waals surface area contributed by atoms with Crippen molar-refractivity contribution in [3.63, 3.8) is 0 Å². The van der Waals surface area contributed by atoms with Crippen molar-refractivity contribution in [2.45, 2.75) is 13.8 Å². The highest BCUT2D eigenvalue weighted by Crippen LogP contribution is 2.22. The van der Waals surface area contributed by atoms with Gasteiger partial charge in [-0.25, -0.2) is 4.98 Å². The van der Waals surface area contributed by atoms with Gasteiger partial charge in [0.1, 0.15) is 0 Å². The summed E-state index contributed by atoms with van der Waals surface area (Å²) in [5, 5.41) is 0. The second kappa shape index (κ2) is 5.14. The Labute approximate surface area is 91.8 Å². The Morgan fingerprint density at radius 3 is 2.79 bits per heavy atom. The number of ether oxygens (including phenoxy) is 2. The Bertz CT molecular complexity index is 305. The average molecular weight is 261 g/mol. The highest BCUT2D eigenvalue weighted by Gasteiger charge is 2.06. The third-order valence-electron chi connectivity index (χ3n) is 1.43. The molecule has 78 valence electrons. The van der Waals surface area contributed by atoms with Crippen LogP contribution in [0.2, 0.25) is 0 Å². The van der Waals surface area contributed by atoms with Crippen LogP contribution in [0.3, 0.4) is 0 Å². The van der Waals surface area contributed by atoms with Crippen molar-refractivity contribution in [1.82, 2.24) is 9.97 Å². The van der Waals surface area contributed by atoms with Gasteiger partial charge in [0.2, 0.25) is 5.88 Å². The van der Waals surface area contributed by atoms with Gasteiger partial charge < -0.3 is 9.47 Å². The lowest BCUT2D eigenvalue weighted by atomic mass is 10.2. The van der Waals surface area contributed by atoms with Crippen molar-refractivity contribution in [2.24, 2.45) is 5.92 Å². The minimum absolute atomic E-state index is 0.346. The van der Waals surface area contributed by atoms with Crippen LogP contribution in [0.25, 0.3) is 0 Å². The molecule has 0 N–H and O–H groups in total. The molecule has 0 aliphatic carbocycles. The van der Waals surface area contributed by atoms with Crippen LogP contribution in [-0.4, -0.2) is 23.7 Å². The zero-order valence-electron chi connectivity index (χ0n) is 8.45. The number of halogens is 1. The topological polar surface area (TPSA) is 44.2 Å². The van der Waals surface area contributed by atoms with Crippen LogP contribution >= 0.6 is 15.9 Å². The Kier molecular flexibility index (Phi) is 4.13. The molecule has 0 spiro atoms. The van der Waals surface area contributed by atoms with E-state index in [9.17, 15) is 0 Å². The summed E-state index contributed by atoms with van der Waals surface area (Å²) in [5.41, 5.74) is 0. The molecule has 1 heterocycles. The summed E-state index contributed by atoms with van der Waals surface area (Å²) in [6.45, 7) is 4.73. The number of rotatable bonds is 4. The lowest BCUT2D eigenvalue weighted by Gasteiger charge is -2.07. The Hall–Kier alpha value is -0.840. The maximum atomic E-state index is 5.34. The fourth-order valence-corrected chi connectivity index (χ4v) is 1.14. The molecule has 0 aliphatic rings. The van der Waals surface area contributed by atoms with Gasteiger partial charge in [0.05, 0.1) is 24.4 Å². The van der Waals surface area contributed by atoms with Gasteiger partial charge in [-0.15, -0.1) is 0 Å². The Balaban J connectivity index is 2.69. The minimum atomic E-state index is 0.346. The minimum Gasteiger partial charge on any atom is -0.480 e. The number of aromatic nitrogens is 2. The number of hydrogen-bond acceptors (Lipinski definition) is 4. The molecule has 1 aromatic heterocycles. The van der Waals surface area contributed by atoms with Crippen molar-refractivity contribution in [3.8, 4) is 11.9 Å². The first-order valence-corrected chi connectivity index (χ1v) is 5.12. The molecule has 5 heteroatoms. The molecule has 0 aromatic carbocycles. The SMILES string of the molecule is COc1nc(OCC(C)C)ncc1Br. The maximum Gasteiger partial charge on any atom is 0.319 e. The van der Waals surface area contributed by atoms with Crippen molar-refractivity contribution in [1.29, 1.82) is 0 Å². The first-order valence-electron chi connectivity index (χ1n) is 4.32. The summed E-state index contributed by atoms with van der Waals surface area (Å²) >= 11 is 3.27. The van der Waals surface area contributed by atoms with Crippen molar-refractivity contribution in [3.05, 3.63) is 10.7 Å². The van der Waals surface area contributed by atoms with Gasteiger partial charge in [-0.05, 0) is 21.8 Å². The normalized spacial score (nSPS) is 10.4. The van der Waals surface area contributed by atoms with Gasteiger partial charge in [-0.3, -0.25) is 0 Å². The molecule has 0 saturated heterocycles. The molecule has 0 atom stereocenters. The van der Waals surface area contributed by atoms with Gasteiger partial charge >= 0.3 is 6.01 Å². The molecular weight excluding hydrogens is 248 g/mol. The van der Waals surface area contributed by atoms with Crippen molar-refractivity contribution in [2.75, 3.05) is 13.7 Å². The molecule has 1 rings (SSSR count). The van der Waals surface area contributed by atoms with E-state index >= 15 is 0 Å². The largest absolute Gasteiger partial charge is 0.480 e. The zero-order chi connectivity index (χ0) is 10.6. The molecule has 1 aromatic rings. The van der Waals surface area contributed by atoms with Crippen LogP contribution in [0.15, 0.2) is 10.7 Å². The third-order valence-corrected chi connectivity index (χ3v) is 1.97. The van der Waals surface area contributed by atoms with Crippen molar-refractivity contribution < 1.29 is 9.47 Å². The number of hydrogen-bond donors (Lipinski definition) is 0. The van der Waals surface area contributed by atoms with Crippen molar-refractivity contribution >= 4 is 15.9 Å². The van der Waals surface area contributed by atoms with Crippen LogP contribution in [0, 0.1) is 5.92 Å². The molecule has 0 fully saturated rings. The van der Waals surface area contributed by atoms with Crippen LogP contribution < -0.4 is 9.47 Å². The predicted octanol–water partition coefficient (Wildman–Crippen LogP) is 2.28. The van der Waals surface area contributed by atoms with E-state index in [2.05, 4.69) is 39.7 Å². The van der Waals surface area contributed by atoms with Gasteiger partial charge in [-0.1, -0.05) is 13.8 Å². The highest BCUT2D eigenvalue weighted by atomic mass is 79.9. The molecular formula is C9H13BrN2O2. The number of nitrogens with zero attached hydrogens (tertiary/aromatic N) is 2. The molecule has 0 saturated carbocycles. The van der Waals surface area contributed by atoms with E-state index in [-0.39, 0.29) is 0 Å². The Morgan fingerprint density at radius 2 is 2.21 bits per heavy atom. The maximum absolute atomic E-state index is 5.34. The van der Waals surface area contributed by atoms with Crippen LogP contribution in [0.4, 0.5) is 0 Å². The molecule has 0 radical (unpaired) electrons. The molecule has 0 bridgehead atoms. The molecule has 0 unspecified atom stereocenters. The van der Waals surface area contributed by atoms with E-state index in [1.165, 1.54) is 0 Å². The van der Waals surface area contributed by atoms with Gasteiger partial charge in [0.25, 0.3) is 0 Å². The second-order valence-electron chi connectivity index (χ2n) is 3.21. The summed E-state index contributed by atoms with van der Waals surface area (Å²) in [7, 11) is 1.55. The monoisotopic (exact) mass is 260 g/mol. The zero-order valence-corrected chi connectivity index (χ0v) is 10.0. The first kappa shape index (κ1) is 11.2. The molecule has 14 heavy (non-hydrogen) atoms. The van der Waals surface area contributed by atoms with E-state index in [1.807, 2.05) is 0 Å². The van der Waals surface area contributed by atoms with E-state index < -0.39 is 0 Å². The van der Waals surface area contributed by atoms with E-state index in [1.54, 1.807) is 13.3 Å². The summed E-state index contributed by atoms with van der Waals surface area (Å²) in [5.74, 6) is 0.937. The average Bonchev–Trinajstić information content (AvgIpc) is 2.16. The summed E-state index contributed by atoms with van der Waals surface area (Å²) in [4.78, 5) is 8.06. The summed E-state index contributed by atoms with van der Waals surface area (Å²) in [6, 6.07) is 0.346. The fraction of sp³-hybridized carbons (Fsp3) is 0.556. The fourth-order valence-electron chi connectivity index (χ4n) is 0.790. The smallest absolute Gasteiger partial charge is 0.319 e. The van der Waals surface area contributed by atoms with Crippen LogP contribution in [-0.2, 0) is 0 Å².